The summed E-state index contributed by atoms with van der Waals surface area (Å²) in [7, 11) is 0. The van der Waals surface area contributed by atoms with Crippen molar-refractivity contribution in [3.05, 3.63) is 35.9 Å². The average molecular weight is 470 g/mol. The number of benzene rings is 1. The van der Waals surface area contributed by atoms with Crippen molar-refractivity contribution in [1.29, 1.82) is 0 Å². The highest BCUT2D eigenvalue weighted by molar-refractivity contribution is 14.2. The van der Waals surface area contributed by atoms with Crippen molar-refractivity contribution in [3.63, 3.8) is 0 Å². The molecule has 8 heteroatoms. The third-order valence-corrected chi connectivity index (χ3v) is 4.12. The molecule has 0 aliphatic heterocycles. The van der Waals surface area contributed by atoms with Crippen LogP contribution in [0.4, 0.5) is 0 Å². The molecule has 24 heavy (non-hydrogen) atoms. The molecule has 0 saturated carbocycles. The van der Waals surface area contributed by atoms with E-state index < -0.39 is 6.10 Å². The smallest absolute Gasteiger partial charge is 0.339 e. The molecule has 0 spiro atoms. The van der Waals surface area contributed by atoms with Crippen molar-refractivity contribution >= 4 is 34.5 Å². The Kier molecular flexibility index (Phi) is 13.6. The predicted molar refractivity (Wildman–Crippen MR) is 102 cm³/mol. The molecule has 0 saturated heterocycles. The minimum atomic E-state index is -0.725. The second-order valence-electron chi connectivity index (χ2n) is 4.56. The van der Waals surface area contributed by atoms with Crippen LogP contribution in [0.15, 0.2) is 30.3 Å². The molecule has 0 bridgehead atoms. The predicted octanol–water partition coefficient (Wildman–Crippen LogP) is 3.30. The van der Waals surface area contributed by atoms with E-state index in [4.69, 9.17) is 23.5 Å². The van der Waals surface area contributed by atoms with E-state index >= 15 is 0 Å². The molecule has 6 nitrogen and oxygen atoms in total. The van der Waals surface area contributed by atoms with Crippen LogP contribution in [0.5, 0.6) is 0 Å². The van der Waals surface area contributed by atoms with Gasteiger partial charge in [-0.05, 0) is 34.5 Å². The number of halogens is 1. The first-order valence-corrected chi connectivity index (χ1v) is 11.8. The fourth-order valence-corrected chi connectivity index (χ4v) is 2.65. The van der Waals surface area contributed by atoms with Gasteiger partial charge in [0.15, 0.2) is 6.10 Å². The van der Waals surface area contributed by atoms with E-state index in [2.05, 4.69) is 22.0 Å². The van der Waals surface area contributed by atoms with Crippen LogP contribution in [0.25, 0.3) is 0 Å². The summed E-state index contributed by atoms with van der Waals surface area (Å²) in [6, 6.07) is 9.30. The quantitative estimate of drug-likeness (QED) is 0.180. The van der Waals surface area contributed by atoms with Gasteiger partial charge in [0.2, 0.25) is 0 Å². The minimum absolute atomic E-state index is 0.303. The molecule has 0 aromatic heterocycles. The molecular weight excluding hydrogens is 446 g/mol. The minimum Gasteiger partial charge on any atom is -0.464 e. The van der Waals surface area contributed by atoms with Crippen LogP contribution in [0.3, 0.4) is 0 Å². The Labute approximate surface area is 157 Å². The number of carbonyl (C=O) groups is 1. The fourth-order valence-electron chi connectivity index (χ4n) is 1.83. The van der Waals surface area contributed by atoms with E-state index in [1.165, 1.54) is 0 Å². The largest absolute Gasteiger partial charge is 0.464 e. The van der Waals surface area contributed by atoms with Gasteiger partial charge in [-0.1, -0.05) is 30.3 Å². The van der Waals surface area contributed by atoms with E-state index in [0.717, 1.165) is 5.56 Å². The van der Waals surface area contributed by atoms with Crippen LogP contribution >= 0.6 is 28.5 Å². The lowest BCUT2D eigenvalue weighted by Crippen LogP contribution is -2.21. The Morgan fingerprint density at radius 3 is 2.29 bits per heavy atom. The number of hydrogen-bond acceptors (Lipinski definition) is 6. The summed E-state index contributed by atoms with van der Waals surface area (Å²) in [4.78, 5) is 12.0. The number of carbonyl (C=O) groups excluding carboxylic acids is 1. The second kappa shape index (κ2) is 15.0. The molecule has 1 aromatic carbocycles. The van der Waals surface area contributed by atoms with Crippen LogP contribution in [-0.2, 0) is 28.3 Å². The van der Waals surface area contributed by atoms with E-state index in [9.17, 15) is 4.79 Å². The first kappa shape index (κ1) is 21.7. The summed E-state index contributed by atoms with van der Waals surface area (Å²) >= 11 is 2.17. The van der Waals surface area contributed by atoms with Crippen molar-refractivity contribution in [3.8, 4) is 0 Å². The number of rotatable bonds is 14. The second-order valence-corrected chi connectivity index (χ2v) is 6.33. The zero-order valence-corrected chi connectivity index (χ0v) is 16.9. The Morgan fingerprint density at radius 1 is 1.04 bits per heavy atom. The van der Waals surface area contributed by atoms with Crippen LogP contribution in [0, 0.1) is 0 Å². The van der Waals surface area contributed by atoms with Gasteiger partial charge in [0, 0.05) is 0 Å². The third kappa shape index (κ3) is 9.86. The summed E-state index contributed by atoms with van der Waals surface area (Å²) in [5.41, 5.74) is 0.773. The van der Waals surface area contributed by atoms with Crippen molar-refractivity contribution < 1.29 is 28.3 Å². The van der Waals surface area contributed by atoms with Crippen molar-refractivity contribution in [1.82, 2.24) is 0 Å². The van der Waals surface area contributed by atoms with Gasteiger partial charge in [-0.3, -0.25) is 0 Å². The summed E-state index contributed by atoms with van der Waals surface area (Å²) in [6.45, 7) is 5.39. The highest BCUT2D eigenvalue weighted by Gasteiger charge is 2.22. The Bertz CT molecular complexity index is 434. The van der Waals surface area contributed by atoms with Gasteiger partial charge in [-0.25, -0.2) is 4.79 Å². The molecular formula is C16H24IO6P. The molecule has 1 rings (SSSR count). The third-order valence-electron chi connectivity index (χ3n) is 2.87. The van der Waals surface area contributed by atoms with Gasteiger partial charge < -0.3 is 23.5 Å². The maximum absolute atomic E-state index is 12.0. The van der Waals surface area contributed by atoms with Gasteiger partial charge in [-0.15, -0.1) is 0 Å². The first-order valence-electron chi connectivity index (χ1n) is 7.75. The standard InChI is InChI=1S/C16H24IO6P/c1-2-21-16(18)15(14-6-4-3-5-7-14)22-12-10-19-8-9-20-11-13-23-24-17/h3-7,15,24H,2,8-13H2,1H3. The molecule has 2 atom stereocenters. The van der Waals surface area contributed by atoms with Gasteiger partial charge in [0.05, 0.1) is 52.7 Å². The highest BCUT2D eigenvalue weighted by Crippen LogP contribution is 2.20. The van der Waals surface area contributed by atoms with Gasteiger partial charge in [0.25, 0.3) is 0 Å². The Balaban J connectivity index is 2.20. The molecule has 1 aromatic rings. The topological polar surface area (TPSA) is 63.2 Å². The fraction of sp³-hybridized carbons (Fsp3) is 0.562. The lowest BCUT2D eigenvalue weighted by Gasteiger charge is -2.17. The summed E-state index contributed by atoms with van der Waals surface area (Å²) in [5.74, 6) is -0.386. The average Bonchev–Trinajstić information content (AvgIpc) is 2.60. The van der Waals surface area contributed by atoms with Crippen LogP contribution < -0.4 is 0 Å². The lowest BCUT2D eigenvalue weighted by molar-refractivity contribution is -0.158. The summed E-state index contributed by atoms with van der Waals surface area (Å²) in [5, 5.41) is 0. The number of esters is 1. The van der Waals surface area contributed by atoms with Crippen LogP contribution in [-0.4, -0.2) is 52.2 Å². The maximum atomic E-state index is 12.0. The zero-order chi connectivity index (χ0) is 17.5. The lowest BCUT2D eigenvalue weighted by atomic mass is 10.1. The summed E-state index contributed by atoms with van der Waals surface area (Å²) in [6.07, 6.45) is -0.725. The molecule has 0 fully saturated rings. The Morgan fingerprint density at radius 2 is 1.67 bits per heavy atom. The van der Waals surface area contributed by atoms with Crippen molar-refractivity contribution in [2.45, 2.75) is 13.0 Å². The van der Waals surface area contributed by atoms with E-state index in [1.54, 1.807) is 6.92 Å². The SMILES string of the molecule is CCOC(=O)C(OCCOCCOCCOPI)c1ccccc1. The molecule has 0 radical (unpaired) electrons. The van der Waals surface area contributed by atoms with E-state index in [0.29, 0.717) is 52.7 Å². The van der Waals surface area contributed by atoms with E-state index in [1.807, 2.05) is 30.3 Å². The summed E-state index contributed by atoms with van der Waals surface area (Å²) < 4.78 is 26.6. The number of ether oxygens (including phenoxy) is 4. The van der Waals surface area contributed by atoms with Gasteiger partial charge in [-0.2, -0.15) is 0 Å². The van der Waals surface area contributed by atoms with Gasteiger partial charge in [0.1, 0.15) is 0 Å². The van der Waals surface area contributed by atoms with Crippen molar-refractivity contribution in [2.75, 3.05) is 46.2 Å². The first-order chi connectivity index (χ1) is 11.8. The maximum Gasteiger partial charge on any atom is 0.339 e. The monoisotopic (exact) mass is 470 g/mol. The molecule has 0 aliphatic carbocycles. The van der Waals surface area contributed by atoms with Crippen molar-refractivity contribution in [2.24, 2.45) is 0 Å². The molecule has 136 valence electrons. The van der Waals surface area contributed by atoms with Crippen LogP contribution in [0.1, 0.15) is 18.6 Å². The molecule has 0 N–H and O–H groups in total. The van der Waals surface area contributed by atoms with E-state index in [-0.39, 0.29) is 5.97 Å². The van der Waals surface area contributed by atoms with Gasteiger partial charge >= 0.3 is 5.97 Å². The molecule has 2 unspecified atom stereocenters. The van der Waals surface area contributed by atoms with Crippen LogP contribution in [0.2, 0.25) is 0 Å². The highest BCUT2D eigenvalue weighted by atomic mass is 127. The molecule has 0 amide bonds. The zero-order valence-electron chi connectivity index (χ0n) is 13.7. The normalized spacial score (nSPS) is 12.6. The number of hydrogen-bond donors (Lipinski definition) is 0. The molecule has 0 heterocycles. The Hall–Kier alpha value is -0.310. The molecule has 0 aliphatic rings.